The molecule has 0 radical (unpaired) electrons. The van der Waals surface area contributed by atoms with Crippen LogP contribution in [-0.4, -0.2) is 32.6 Å². The lowest BCUT2D eigenvalue weighted by molar-refractivity contribution is -0.138. The predicted molar refractivity (Wildman–Crippen MR) is 105 cm³/mol. The molecule has 1 heterocycles. The van der Waals surface area contributed by atoms with Gasteiger partial charge < -0.3 is 19.5 Å². The fourth-order valence-electron chi connectivity index (χ4n) is 4.00. The minimum Gasteiger partial charge on any atom is -0.497 e. The van der Waals surface area contributed by atoms with Crippen molar-refractivity contribution in [2.75, 3.05) is 20.8 Å². The van der Waals surface area contributed by atoms with E-state index < -0.39 is 11.9 Å². The lowest BCUT2D eigenvalue weighted by Crippen LogP contribution is -2.35. The van der Waals surface area contributed by atoms with Crippen LogP contribution in [0.25, 0.3) is 0 Å². The van der Waals surface area contributed by atoms with E-state index in [0.717, 1.165) is 29.8 Å². The van der Waals surface area contributed by atoms with Crippen LogP contribution in [0.5, 0.6) is 11.5 Å². The van der Waals surface area contributed by atoms with Crippen LogP contribution < -0.4 is 14.8 Å². The second kappa shape index (κ2) is 8.50. The third kappa shape index (κ3) is 3.51. The predicted octanol–water partition coefficient (Wildman–Crippen LogP) is 3.62. The molecule has 0 bridgehead atoms. The summed E-state index contributed by atoms with van der Waals surface area (Å²) in [4.78, 5) is 25.9. The van der Waals surface area contributed by atoms with Crippen LogP contribution in [-0.2, 0) is 14.3 Å². The van der Waals surface area contributed by atoms with Crippen molar-refractivity contribution in [2.45, 2.75) is 45.4 Å². The van der Waals surface area contributed by atoms with E-state index in [-0.39, 0.29) is 12.4 Å². The van der Waals surface area contributed by atoms with Crippen molar-refractivity contribution in [1.82, 2.24) is 5.32 Å². The van der Waals surface area contributed by atoms with Crippen molar-refractivity contribution < 1.29 is 23.8 Å². The Hall–Kier alpha value is -2.76. The van der Waals surface area contributed by atoms with Gasteiger partial charge in [0.15, 0.2) is 5.78 Å². The Bertz CT molecular complexity index is 852. The van der Waals surface area contributed by atoms with Crippen molar-refractivity contribution in [3.63, 3.8) is 0 Å². The number of dihydropyridines is 1. The number of ketones is 1. The van der Waals surface area contributed by atoms with Gasteiger partial charge in [-0.2, -0.15) is 0 Å². The van der Waals surface area contributed by atoms with E-state index in [9.17, 15) is 9.59 Å². The van der Waals surface area contributed by atoms with Gasteiger partial charge in [0.2, 0.25) is 0 Å². The molecular formula is C22H27NO5. The maximum Gasteiger partial charge on any atom is 0.336 e. The van der Waals surface area contributed by atoms with Crippen molar-refractivity contribution in [2.24, 2.45) is 0 Å². The normalized spacial score (nSPS) is 19.1. The molecule has 1 N–H and O–H groups in total. The Morgan fingerprint density at radius 1 is 1.18 bits per heavy atom. The molecule has 28 heavy (non-hydrogen) atoms. The number of carbonyl (C=O) groups is 2. The first kappa shape index (κ1) is 20.0. The number of carbonyl (C=O) groups excluding carboxylic acids is 2. The summed E-state index contributed by atoms with van der Waals surface area (Å²) in [7, 11) is 3.17. The molecule has 0 spiro atoms. The third-order valence-corrected chi connectivity index (χ3v) is 5.26. The van der Waals surface area contributed by atoms with Gasteiger partial charge in [-0.3, -0.25) is 4.79 Å². The van der Waals surface area contributed by atoms with Gasteiger partial charge in [-0.1, -0.05) is 6.92 Å². The number of ether oxygens (including phenoxy) is 3. The van der Waals surface area contributed by atoms with Crippen molar-refractivity contribution in [3.05, 3.63) is 46.3 Å². The van der Waals surface area contributed by atoms with E-state index in [2.05, 4.69) is 5.32 Å². The van der Waals surface area contributed by atoms with Crippen LogP contribution in [0.1, 0.15) is 51.0 Å². The first-order chi connectivity index (χ1) is 13.5. The van der Waals surface area contributed by atoms with Crippen molar-refractivity contribution in [1.29, 1.82) is 0 Å². The van der Waals surface area contributed by atoms with Gasteiger partial charge in [0.25, 0.3) is 0 Å². The average Bonchev–Trinajstić information content (AvgIpc) is 2.72. The molecule has 1 aliphatic heterocycles. The van der Waals surface area contributed by atoms with Gasteiger partial charge in [0.1, 0.15) is 11.5 Å². The summed E-state index contributed by atoms with van der Waals surface area (Å²) in [5.74, 6) is 0.353. The maximum absolute atomic E-state index is 13.0. The Balaban J connectivity index is 2.27. The summed E-state index contributed by atoms with van der Waals surface area (Å²) in [6.45, 7) is 4.02. The van der Waals surface area contributed by atoms with Gasteiger partial charge in [0, 0.05) is 29.0 Å². The number of esters is 1. The van der Waals surface area contributed by atoms with Gasteiger partial charge in [-0.05, 0) is 44.4 Å². The Labute approximate surface area is 165 Å². The van der Waals surface area contributed by atoms with Gasteiger partial charge >= 0.3 is 5.97 Å². The highest BCUT2D eigenvalue weighted by Gasteiger charge is 2.41. The van der Waals surface area contributed by atoms with Crippen molar-refractivity contribution >= 4 is 11.8 Å². The van der Waals surface area contributed by atoms with E-state index in [0.29, 0.717) is 35.5 Å². The van der Waals surface area contributed by atoms with Crippen LogP contribution in [0.3, 0.4) is 0 Å². The number of methoxy groups -OCH3 is 2. The van der Waals surface area contributed by atoms with Gasteiger partial charge in [-0.15, -0.1) is 0 Å². The molecule has 0 saturated carbocycles. The molecule has 2 aliphatic rings. The van der Waals surface area contributed by atoms with E-state index in [1.165, 1.54) is 0 Å². The summed E-state index contributed by atoms with van der Waals surface area (Å²) < 4.78 is 16.4. The molecule has 1 aliphatic carbocycles. The van der Waals surface area contributed by atoms with E-state index >= 15 is 0 Å². The standard InChI is InChI=1S/C22H27NO5/c1-5-15-21(22(25)28-6-2)19(20-16(23-15)8-7-9-17(20)24)14-12-13(26-3)10-11-18(14)27-4/h10-12,19,23H,5-9H2,1-4H3/t19-/m1/s1. The molecule has 150 valence electrons. The number of rotatable bonds is 6. The fraction of sp³-hybridized carbons (Fsp3) is 0.455. The zero-order chi connectivity index (χ0) is 20.3. The Morgan fingerprint density at radius 2 is 1.96 bits per heavy atom. The highest BCUT2D eigenvalue weighted by atomic mass is 16.5. The minimum atomic E-state index is -0.539. The van der Waals surface area contributed by atoms with E-state index in [1.54, 1.807) is 33.3 Å². The zero-order valence-corrected chi connectivity index (χ0v) is 16.9. The number of benzene rings is 1. The van der Waals surface area contributed by atoms with Crippen LogP contribution >= 0.6 is 0 Å². The quantitative estimate of drug-likeness (QED) is 0.754. The lowest BCUT2D eigenvalue weighted by Gasteiger charge is -2.35. The highest BCUT2D eigenvalue weighted by molar-refractivity contribution is 6.04. The first-order valence-electron chi connectivity index (χ1n) is 9.70. The highest BCUT2D eigenvalue weighted by Crippen LogP contribution is 2.46. The second-order valence-electron chi connectivity index (χ2n) is 6.80. The van der Waals surface area contributed by atoms with Gasteiger partial charge in [-0.25, -0.2) is 4.79 Å². The first-order valence-corrected chi connectivity index (χ1v) is 9.70. The molecule has 1 aromatic carbocycles. The van der Waals surface area contributed by atoms with Crippen LogP contribution in [0.2, 0.25) is 0 Å². The van der Waals surface area contributed by atoms with E-state index in [1.807, 2.05) is 13.0 Å². The second-order valence-corrected chi connectivity index (χ2v) is 6.80. The van der Waals surface area contributed by atoms with Gasteiger partial charge in [0.05, 0.1) is 32.3 Å². The van der Waals surface area contributed by atoms with E-state index in [4.69, 9.17) is 14.2 Å². The Morgan fingerprint density at radius 3 is 2.61 bits per heavy atom. The molecule has 0 fully saturated rings. The molecule has 6 heteroatoms. The zero-order valence-electron chi connectivity index (χ0n) is 16.9. The smallest absolute Gasteiger partial charge is 0.336 e. The van der Waals surface area contributed by atoms with Crippen molar-refractivity contribution in [3.8, 4) is 11.5 Å². The number of allylic oxidation sites excluding steroid dienone is 3. The Kier molecular flexibility index (Phi) is 6.07. The average molecular weight is 385 g/mol. The summed E-state index contributed by atoms with van der Waals surface area (Å²) in [6.07, 6.45) is 2.69. The molecule has 6 nitrogen and oxygen atoms in total. The molecular weight excluding hydrogens is 358 g/mol. The number of nitrogens with one attached hydrogen (secondary N) is 1. The van der Waals surface area contributed by atoms with Crippen LogP contribution in [0.15, 0.2) is 40.7 Å². The summed E-state index contributed by atoms with van der Waals surface area (Å²) in [5.41, 5.74) is 3.54. The number of hydrogen-bond donors (Lipinski definition) is 1. The molecule has 0 saturated heterocycles. The largest absolute Gasteiger partial charge is 0.497 e. The maximum atomic E-state index is 13.0. The fourth-order valence-corrected chi connectivity index (χ4v) is 4.00. The number of hydrogen-bond acceptors (Lipinski definition) is 6. The molecule has 0 amide bonds. The summed E-state index contributed by atoms with van der Waals surface area (Å²) in [5, 5.41) is 3.36. The molecule has 1 aromatic rings. The summed E-state index contributed by atoms with van der Waals surface area (Å²) in [6, 6.07) is 5.45. The van der Waals surface area contributed by atoms with Crippen LogP contribution in [0, 0.1) is 0 Å². The summed E-state index contributed by atoms with van der Waals surface area (Å²) >= 11 is 0. The minimum absolute atomic E-state index is 0.0561. The SMILES string of the molecule is CCOC(=O)C1=C(CC)NC2=C(C(=O)CCC2)[C@H]1c1cc(OC)ccc1OC. The molecule has 0 aromatic heterocycles. The lowest BCUT2D eigenvalue weighted by atomic mass is 9.74. The van der Waals surface area contributed by atoms with Crippen LogP contribution in [0.4, 0.5) is 0 Å². The monoisotopic (exact) mass is 385 g/mol. The molecule has 1 atom stereocenters. The topological polar surface area (TPSA) is 73.9 Å². The third-order valence-electron chi connectivity index (χ3n) is 5.26. The molecule has 0 unspecified atom stereocenters. The molecule has 3 rings (SSSR count). The number of Topliss-reactive ketones (excluding diaryl/α,β-unsaturated/α-hetero) is 1.